The Bertz CT molecular complexity index is 708. The first-order valence-corrected chi connectivity index (χ1v) is 6.46. The average Bonchev–Trinajstić information content (AvgIpc) is 3.01. The van der Waals surface area contributed by atoms with E-state index in [1.54, 1.807) is 11.7 Å². The van der Waals surface area contributed by atoms with Crippen molar-refractivity contribution < 1.29 is 9.53 Å². The molecular weight excluding hydrogens is 270 g/mol. The van der Waals surface area contributed by atoms with Crippen molar-refractivity contribution in [3.63, 3.8) is 0 Å². The number of carbonyl (C=O) groups is 1. The van der Waals surface area contributed by atoms with Crippen LogP contribution in [0.5, 0.6) is 0 Å². The summed E-state index contributed by atoms with van der Waals surface area (Å²) in [4.78, 5) is 10.9. The molecule has 3 rings (SSSR count). The number of hydrogen-bond donors (Lipinski definition) is 1. The summed E-state index contributed by atoms with van der Waals surface area (Å²) in [5.41, 5.74) is 8.26. The molecule has 0 bridgehead atoms. The van der Waals surface area contributed by atoms with E-state index in [1.807, 2.05) is 37.3 Å². The predicted molar refractivity (Wildman–Crippen MR) is 78.0 cm³/mol. The number of nitrogens with zero attached hydrogens (tertiary/aromatic N) is 4. The minimum atomic E-state index is -0.720. The van der Waals surface area contributed by atoms with Gasteiger partial charge in [0.25, 0.3) is 5.90 Å². The first kappa shape index (κ1) is 13.2. The van der Waals surface area contributed by atoms with E-state index in [-0.39, 0.29) is 0 Å². The Morgan fingerprint density at radius 3 is 2.67 bits per heavy atom. The van der Waals surface area contributed by atoms with Gasteiger partial charge in [0, 0.05) is 12.6 Å². The second-order valence-corrected chi connectivity index (χ2v) is 4.73. The molecule has 108 valence electrons. The monoisotopic (exact) mass is 285 g/mol. The van der Waals surface area contributed by atoms with Crippen LogP contribution in [0.3, 0.4) is 0 Å². The second kappa shape index (κ2) is 4.93. The maximum absolute atomic E-state index is 10.9. The highest BCUT2D eigenvalue weighted by Gasteiger charge is 2.29. The van der Waals surface area contributed by atoms with E-state index in [1.165, 1.54) is 5.01 Å². The number of carbonyl (C=O) groups excluding carboxylic acids is 1. The van der Waals surface area contributed by atoms with Crippen LogP contribution in [0.4, 0.5) is 5.82 Å². The largest absolute Gasteiger partial charge is 0.442 e. The van der Waals surface area contributed by atoms with E-state index in [4.69, 9.17) is 10.5 Å². The molecular formula is C14H15N5O2. The van der Waals surface area contributed by atoms with E-state index in [0.717, 1.165) is 11.3 Å². The Morgan fingerprint density at radius 1 is 1.33 bits per heavy atom. The number of nitrogen functional groups attached to an aromatic ring is 1. The van der Waals surface area contributed by atoms with Gasteiger partial charge >= 0.3 is 0 Å². The third-order valence-corrected chi connectivity index (χ3v) is 3.34. The van der Waals surface area contributed by atoms with Crippen molar-refractivity contribution in [3.8, 4) is 5.69 Å². The fourth-order valence-electron chi connectivity index (χ4n) is 2.11. The first-order chi connectivity index (χ1) is 10.1. The smallest absolute Gasteiger partial charge is 0.261 e. The number of ether oxygens (including phenoxy) is 1. The lowest BCUT2D eigenvalue weighted by Crippen LogP contribution is -2.25. The lowest BCUT2D eigenvalue weighted by molar-refractivity contribution is -0.119. The predicted octanol–water partition coefficient (Wildman–Crippen LogP) is 0.912. The quantitative estimate of drug-likeness (QED) is 0.847. The van der Waals surface area contributed by atoms with Crippen LogP contribution in [0.2, 0.25) is 0 Å². The van der Waals surface area contributed by atoms with Gasteiger partial charge in [0.05, 0.1) is 5.69 Å². The highest BCUT2D eigenvalue weighted by atomic mass is 16.5. The molecule has 2 N–H and O–H groups in total. The summed E-state index contributed by atoms with van der Waals surface area (Å²) in [5, 5.41) is 10.1. The standard InChI is InChI=1S/C14H15N5O2/c1-9-12(14-17-18(2)11(8-20)21-14)16-19(13(9)15)10-6-4-3-5-7-10/h3-8,11H,15H2,1-2H3. The molecule has 0 saturated carbocycles. The molecule has 0 radical (unpaired) electrons. The van der Waals surface area contributed by atoms with Crippen LogP contribution in [-0.2, 0) is 9.53 Å². The summed E-state index contributed by atoms with van der Waals surface area (Å²) in [6.07, 6.45) is -0.0360. The number of hydrogen-bond acceptors (Lipinski definition) is 6. The fraction of sp³-hybridized carbons (Fsp3) is 0.214. The minimum Gasteiger partial charge on any atom is -0.442 e. The summed E-state index contributed by atoms with van der Waals surface area (Å²) < 4.78 is 7.10. The number of aromatic nitrogens is 2. The van der Waals surface area contributed by atoms with Crippen LogP contribution in [0, 0.1) is 6.92 Å². The van der Waals surface area contributed by atoms with Crippen LogP contribution in [-0.4, -0.2) is 40.2 Å². The number of anilines is 1. The van der Waals surface area contributed by atoms with Gasteiger partial charge in [0.15, 0.2) is 12.0 Å². The van der Waals surface area contributed by atoms with E-state index < -0.39 is 6.23 Å². The third kappa shape index (κ3) is 2.12. The molecule has 0 fully saturated rings. The van der Waals surface area contributed by atoms with E-state index in [9.17, 15) is 4.79 Å². The summed E-state index contributed by atoms with van der Waals surface area (Å²) in [6, 6.07) is 9.55. The minimum absolute atomic E-state index is 0.300. The van der Waals surface area contributed by atoms with Gasteiger partial charge in [-0.05, 0) is 19.1 Å². The Hall–Kier alpha value is -2.83. The Morgan fingerprint density at radius 2 is 2.05 bits per heavy atom. The lowest BCUT2D eigenvalue weighted by atomic mass is 10.2. The molecule has 0 spiro atoms. The first-order valence-electron chi connectivity index (χ1n) is 6.46. The number of para-hydroxylation sites is 1. The number of benzene rings is 1. The molecule has 1 unspecified atom stereocenters. The van der Waals surface area contributed by atoms with Gasteiger partial charge < -0.3 is 10.5 Å². The molecule has 2 heterocycles. The van der Waals surface area contributed by atoms with E-state index >= 15 is 0 Å². The van der Waals surface area contributed by atoms with Gasteiger partial charge in [-0.3, -0.25) is 9.80 Å². The molecule has 1 aromatic carbocycles. The molecule has 7 nitrogen and oxygen atoms in total. The Labute approximate surface area is 121 Å². The number of rotatable bonds is 3. The average molecular weight is 285 g/mol. The van der Waals surface area contributed by atoms with Crippen LogP contribution in [0.15, 0.2) is 35.4 Å². The third-order valence-electron chi connectivity index (χ3n) is 3.34. The van der Waals surface area contributed by atoms with Gasteiger partial charge in [-0.2, -0.15) is 5.10 Å². The molecule has 1 atom stereocenters. The highest BCUT2D eigenvalue weighted by Crippen LogP contribution is 2.23. The Balaban J connectivity index is 2.03. The second-order valence-electron chi connectivity index (χ2n) is 4.73. The molecule has 7 heteroatoms. The summed E-state index contributed by atoms with van der Waals surface area (Å²) in [6.45, 7) is 1.84. The molecule has 21 heavy (non-hydrogen) atoms. The van der Waals surface area contributed by atoms with Gasteiger partial charge in [0.2, 0.25) is 6.23 Å². The summed E-state index contributed by atoms with van der Waals surface area (Å²) >= 11 is 0. The van der Waals surface area contributed by atoms with Gasteiger partial charge in [-0.15, -0.1) is 5.10 Å². The maximum atomic E-state index is 10.9. The summed E-state index contributed by atoms with van der Waals surface area (Å²) in [5.74, 6) is 0.813. The fourth-order valence-corrected chi connectivity index (χ4v) is 2.11. The van der Waals surface area contributed by atoms with Gasteiger partial charge in [-0.1, -0.05) is 18.2 Å². The molecule has 0 amide bonds. The molecule has 1 aromatic heterocycles. The lowest BCUT2D eigenvalue weighted by Gasteiger charge is -2.09. The van der Waals surface area contributed by atoms with Crippen molar-refractivity contribution in [3.05, 3.63) is 41.6 Å². The molecule has 0 aliphatic carbocycles. The molecule has 1 aliphatic rings. The number of likely N-dealkylation sites (N-methyl/N-ethyl adjacent to an activating group) is 1. The SMILES string of the molecule is Cc1c(C2=NN(C)C(C=O)O2)nn(-c2ccccc2)c1N. The van der Waals surface area contributed by atoms with Crippen molar-refractivity contribution in [2.24, 2.45) is 5.10 Å². The zero-order valence-electron chi connectivity index (χ0n) is 11.7. The zero-order valence-corrected chi connectivity index (χ0v) is 11.7. The van der Waals surface area contributed by atoms with Gasteiger partial charge in [-0.25, -0.2) is 4.68 Å². The van der Waals surface area contributed by atoms with E-state index in [0.29, 0.717) is 23.7 Å². The maximum Gasteiger partial charge on any atom is 0.261 e. The number of aldehydes is 1. The molecule has 1 aliphatic heterocycles. The number of nitrogens with two attached hydrogens (primary N) is 1. The molecule has 0 saturated heterocycles. The van der Waals surface area contributed by atoms with Crippen molar-refractivity contribution >= 4 is 18.0 Å². The van der Waals surface area contributed by atoms with Crippen molar-refractivity contribution in [2.75, 3.05) is 12.8 Å². The highest BCUT2D eigenvalue weighted by molar-refractivity contribution is 5.96. The van der Waals surface area contributed by atoms with Crippen LogP contribution in [0.25, 0.3) is 5.69 Å². The number of hydrazone groups is 1. The summed E-state index contributed by atoms with van der Waals surface area (Å²) in [7, 11) is 1.67. The normalized spacial score (nSPS) is 17.5. The topological polar surface area (TPSA) is 85.7 Å². The van der Waals surface area contributed by atoms with Crippen molar-refractivity contribution in [1.29, 1.82) is 0 Å². The van der Waals surface area contributed by atoms with Crippen LogP contribution < -0.4 is 5.73 Å². The van der Waals surface area contributed by atoms with E-state index in [2.05, 4.69) is 10.2 Å². The van der Waals surface area contributed by atoms with Crippen LogP contribution >= 0.6 is 0 Å². The van der Waals surface area contributed by atoms with Crippen molar-refractivity contribution in [2.45, 2.75) is 13.2 Å². The van der Waals surface area contributed by atoms with Crippen LogP contribution in [0.1, 0.15) is 11.3 Å². The van der Waals surface area contributed by atoms with Crippen molar-refractivity contribution in [1.82, 2.24) is 14.8 Å². The molecule has 2 aromatic rings. The Kier molecular flexibility index (Phi) is 3.09. The van der Waals surface area contributed by atoms with Gasteiger partial charge in [0.1, 0.15) is 5.82 Å². The zero-order chi connectivity index (χ0) is 15.0.